The van der Waals surface area contributed by atoms with Crippen molar-refractivity contribution in [1.82, 2.24) is 15.3 Å². The Balaban J connectivity index is 2.07. The van der Waals surface area contributed by atoms with Crippen LogP contribution in [0.25, 0.3) is 10.3 Å². The molecule has 0 aliphatic carbocycles. The van der Waals surface area contributed by atoms with Crippen LogP contribution in [0.2, 0.25) is 0 Å². The number of hydrogen-bond acceptors (Lipinski definition) is 6. The molecule has 1 unspecified atom stereocenters. The number of thiophene rings is 1. The minimum Gasteiger partial charge on any atom is -0.396 e. The van der Waals surface area contributed by atoms with Gasteiger partial charge in [-0.15, -0.1) is 11.3 Å². The van der Waals surface area contributed by atoms with E-state index in [1.54, 1.807) is 24.2 Å². The van der Waals surface area contributed by atoms with Gasteiger partial charge in [0.1, 0.15) is 15.2 Å². The number of thioether (sulfide) groups is 1. The van der Waals surface area contributed by atoms with Crippen LogP contribution in [0.5, 0.6) is 0 Å². The van der Waals surface area contributed by atoms with Crippen molar-refractivity contribution in [1.29, 1.82) is 0 Å². The largest absolute Gasteiger partial charge is 0.396 e. The van der Waals surface area contributed by atoms with Gasteiger partial charge in [-0.1, -0.05) is 6.92 Å². The maximum atomic E-state index is 12.1. The molecule has 0 saturated carbocycles. The third-order valence-electron chi connectivity index (χ3n) is 2.81. The van der Waals surface area contributed by atoms with Crippen LogP contribution in [0, 0.1) is 0 Å². The zero-order chi connectivity index (χ0) is 13.8. The minimum absolute atomic E-state index is 0.143. The van der Waals surface area contributed by atoms with E-state index in [0.29, 0.717) is 32.7 Å². The normalized spacial score (nSPS) is 12.5. The lowest BCUT2D eigenvalue weighted by atomic mass is 10.3. The lowest BCUT2D eigenvalue weighted by Crippen LogP contribution is -2.25. The zero-order valence-electron chi connectivity index (χ0n) is 10.8. The highest BCUT2D eigenvalue weighted by atomic mass is 32.2. The molecular weight excluding hydrogens is 280 g/mol. The Morgan fingerprint density at radius 3 is 2.95 bits per heavy atom. The van der Waals surface area contributed by atoms with Crippen LogP contribution in [0.4, 0.5) is 5.69 Å². The molecule has 3 N–H and O–H groups in total. The molecule has 0 aliphatic heterocycles. The van der Waals surface area contributed by atoms with Gasteiger partial charge in [-0.05, 0) is 12.7 Å². The molecule has 1 atom stereocenters. The number of rotatable bonds is 5. The monoisotopic (exact) mass is 296 g/mol. The predicted molar refractivity (Wildman–Crippen MR) is 81.8 cm³/mol. The number of amides is 1. The van der Waals surface area contributed by atoms with Gasteiger partial charge in [-0.3, -0.25) is 4.79 Å². The summed E-state index contributed by atoms with van der Waals surface area (Å²) in [5.74, 6) is -0.143. The van der Waals surface area contributed by atoms with E-state index < -0.39 is 0 Å². The van der Waals surface area contributed by atoms with Crippen molar-refractivity contribution in [2.45, 2.75) is 18.6 Å². The number of carbonyl (C=O) groups is 1. The van der Waals surface area contributed by atoms with Gasteiger partial charge in [0.05, 0.1) is 5.69 Å². The van der Waals surface area contributed by atoms with E-state index in [1.165, 1.54) is 11.3 Å². The number of aromatic nitrogens is 2. The standard InChI is InChI=1S/C12H16N4OS2/c1-7(18-2)3-4-15-11(17)10-8(13)9-12(19-10)16-6-5-14-9/h5-7H,3-4,13H2,1-2H3,(H,15,17). The first-order chi connectivity index (χ1) is 9.13. The van der Waals surface area contributed by atoms with Crippen molar-refractivity contribution in [3.05, 3.63) is 17.3 Å². The van der Waals surface area contributed by atoms with E-state index in [9.17, 15) is 4.79 Å². The van der Waals surface area contributed by atoms with E-state index in [0.717, 1.165) is 6.42 Å². The molecule has 102 valence electrons. The van der Waals surface area contributed by atoms with Crippen molar-refractivity contribution in [2.24, 2.45) is 0 Å². The van der Waals surface area contributed by atoms with Crippen molar-refractivity contribution in [3.8, 4) is 0 Å². The molecule has 0 saturated heterocycles. The lowest BCUT2D eigenvalue weighted by molar-refractivity contribution is 0.0958. The molecular formula is C12H16N4OS2. The number of carbonyl (C=O) groups excluding carboxylic acids is 1. The molecule has 5 nitrogen and oxygen atoms in total. The molecule has 2 rings (SSSR count). The number of fused-ring (bicyclic) bond motifs is 1. The molecule has 0 fully saturated rings. The van der Waals surface area contributed by atoms with Gasteiger partial charge in [0, 0.05) is 24.2 Å². The second-order valence-corrected chi connectivity index (χ2v) is 6.42. The predicted octanol–water partition coefficient (Wildman–Crippen LogP) is 2.14. The van der Waals surface area contributed by atoms with Gasteiger partial charge < -0.3 is 11.1 Å². The minimum atomic E-state index is -0.143. The molecule has 1 amide bonds. The highest BCUT2D eigenvalue weighted by Crippen LogP contribution is 2.30. The SMILES string of the molecule is CSC(C)CCNC(=O)c1sc2nccnc2c1N. The van der Waals surface area contributed by atoms with Crippen molar-refractivity contribution < 1.29 is 4.79 Å². The number of hydrogen-bond donors (Lipinski definition) is 2. The first-order valence-electron chi connectivity index (χ1n) is 5.93. The van der Waals surface area contributed by atoms with Crippen LogP contribution in [0.15, 0.2) is 12.4 Å². The van der Waals surface area contributed by atoms with E-state index >= 15 is 0 Å². The molecule has 2 heterocycles. The van der Waals surface area contributed by atoms with E-state index in [2.05, 4.69) is 28.5 Å². The summed E-state index contributed by atoms with van der Waals surface area (Å²) in [6.45, 7) is 2.79. The first-order valence-corrected chi connectivity index (χ1v) is 8.04. The molecule has 0 aromatic carbocycles. The molecule has 19 heavy (non-hydrogen) atoms. The van der Waals surface area contributed by atoms with Gasteiger partial charge in [0.15, 0.2) is 0 Å². The zero-order valence-corrected chi connectivity index (χ0v) is 12.5. The Hall–Kier alpha value is -1.34. The van der Waals surface area contributed by atoms with Gasteiger partial charge in [0.2, 0.25) is 0 Å². The summed E-state index contributed by atoms with van der Waals surface area (Å²) >= 11 is 3.07. The average molecular weight is 296 g/mol. The smallest absolute Gasteiger partial charge is 0.263 e. The quantitative estimate of drug-likeness (QED) is 0.883. The molecule has 0 spiro atoms. The van der Waals surface area contributed by atoms with Crippen LogP contribution < -0.4 is 11.1 Å². The summed E-state index contributed by atoms with van der Waals surface area (Å²) in [6, 6.07) is 0. The number of anilines is 1. The Bertz CT molecular complexity index is 584. The second kappa shape index (κ2) is 6.21. The number of nitrogens with two attached hydrogens (primary N) is 1. The van der Waals surface area contributed by atoms with Gasteiger partial charge in [-0.2, -0.15) is 11.8 Å². The molecule has 0 radical (unpaired) electrons. The second-order valence-electron chi connectivity index (χ2n) is 4.15. The van der Waals surface area contributed by atoms with E-state index in [4.69, 9.17) is 5.73 Å². The van der Waals surface area contributed by atoms with Crippen LogP contribution >= 0.6 is 23.1 Å². The lowest BCUT2D eigenvalue weighted by Gasteiger charge is -2.08. The Kier molecular flexibility index (Phi) is 4.60. The molecule has 2 aromatic rings. The number of nitrogens with one attached hydrogen (secondary N) is 1. The molecule has 0 aliphatic rings. The van der Waals surface area contributed by atoms with Crippen LogP contribution in [-0.2, 0) is 0 Å². The highest BCUT2D eigenvalue weighted by Gasteiger charge is 2.17. The average Bonchev–Trinajstić information content (AvgIpc) is 2.76. The Labute approximate surface area is 120 Å². The number of nitrogens with zero attached hydrogens (tertiary/aromatic N) is 2. The van der Waals surface area contributed by atoms with Crippen molar-refractivity contribution >= 4 is 45.0 Å². The van der Waals surface area contributed by atoms with Gasteiger partial charge in [-0.25, -0.2) is 9.97 Å². The van der Waals surface area contributed by atoms with Crippen molar-refractivity contribution in [2.75, 3.05) is 18.5 Å². The summed E-state index contributed by atoms with van der Waals surface area (Å²) in [5.41, 5.74) is 6.97. The summed E-state index contributed by atoms with van der Waals surface area (Å²) in [4.78, 5) is 21.6. The fourth-order valence-electron chi connectivity index (χ4n) is 1.60. The van der Waals surface area contributed by atoms with Crippen molar-refractivity contribution in [3.63, 3.8) is 0 Å². The third kappa shape index (κ3) is 3.16. The van der Waals surface area contributed by atoms with Crippen LogP contribution in [0.1, 0.15) is 23.0 Å². The highest BCUT2D eigenvalue weighted by molar-refractivity contribution is 7.99. The summed E-state index contributed by atoms with van der Waals surface area (Å²) in [7, 11) is 0. The first kappa shape index (κ1) is 14.1. The Morgan fingerprint density at radius 1 is 1.53 bits per heavy atom. The van der Waals surface area contributed by atoms with Gasteiger partial charge >= 0.3 is 0 Å². The molecule has 0 bridgehead atoms. The maximum Gasteiger partial charge on any atom is 0.263 e. The molecule has 2 aromatic heterocycles. The third-order valence-corrected chi connectivity index (χ3v) is 4.95. The van der Waals surface area contributed by atoms with Crippen LogP contribution in [0.3, 0.4) is 0 Å². The fourth-order valence-corrected chi connectivity index (χ4v) is 2.89. The number of nitrogen functional groups attached to an aromatic ring is 1. The summed E-state index contributed by atoms with van der Waals surface area (Å²) in [5, 5.41) is 3.42. The van der Waals surface area contributed by atoms with E-state index in [1.807, 2.05) is 0 Å². The van der Waals surface area contributed by atoms with Gasteiger partial charge in [0.25, 0.3) is 5.91 Å². The molecule has 7 heteroatoms. The summed E-state index contributed by atoms with van der Waals surface area (Å²) in [6.07, 6.45) is 6.18. The van der Waals surface area contributed by atoms with E-state index in [-0.39, 0.29) is 5.91 Å². The maximum absolute atomic E-state index is 12.1. The Morgan fingerprint density at radius 2 is 2.26 bits per heavy atom. The van der Waals surface area contributed by atoms with Crippen LogP contribution in [-0.4, -0.2) is 33.9 Å². The topological polar surface area (TPSA) is 80.9 Å². The summed E-state index contributed by atoms with van der Waals surface area (Å²) < 4.78 is 0. The fraction of sp³-hybridized carbons (Fsp3) is 0.417.